The molecule has 18 heteroatoms. The van der Waals surface area contributed by atoms with E-state index in [1.54, 1.807) is 91.3 Å². The Morgan fingerprint density at radius 3 is 2.35 bits per heavy atom. The van der Waals surface area contributed by atoms with Gasteiger partial charge < -0.3 is 43.7 Å². The number of nitrogens with zero attached hydrogens (tertiary/aromatic N) is 5. The van der Waals surface area contributed by atoms with Gasteiger partial charge in [-0.05, 0) is 84.3 Å². The summed E-state index contributed by atoms with van der Waals surface area (Å²) >= 11 is 0. The molecule has 13 atom stereocenters. The van der Waals surface area contributed by atoms with Crippen LogP contribution in [0, 0.1) is 23.7 Å². The molecule has 3 aliphatic heterocycles. The number of fused-ring (bicyclic) bond motifs is 1. The summed E-state index contributed by atoms with van der Waals surface area (Å²) < 4.78 is 37.8. The number of amides is 2. The molecular formula is C51H66N6O12. The van der Waals surface area contributed by atoms with Crippen molar-refractivity contribution in [2.45, 2.75) is 135 Å². The van der Waals surface area contributed by atoms with E-state index in [4.69, 9.17) is 28.4 Å². The lowest BCUT2D eigenvalue weighted by atomic mass is 9.74. The van der Waals surface area contributed by atoms with Crippen molar-refractivity contribution in [3.63, 3.8) is 0 Å². The van der Waals surface area contributed by atoms with Crippen LogP contribution in [0.3, 0.4) is 0 Å². The highest BCUT2D eigenvalue weighted by Gasteiger charge is 2.56. The van der Waals surface area contributed by atoms with Crippen LogP contribution in [0.15, 0.2) is 78.3 Å². The highest BCUT2D eigenvalue weighted by Crippen LogP contribution is 2.41. The molecule has 3 aromatic rings. The summed E-state index contributed by atoms with van der Waals surface area (Å²) in [4.78, 5) is 89.1. The first-order valence-corrected chi connectivity index (χ1v) is 23.5. The molecule has 0 bridgehead atoms. The molecular weight excluding hydrogens is 889 g/mol. The van der Waals surface area contributed by atoms with Crippen LogP contribution in [0.1, 0.15) is 85.8 Å². The van der Waals surface area contributed by atoms with E-state index in [0.717, 1.165) is 11.1 Å². The highest BCUT2D eigenvalue weighted by atomic mass is 16.7. The molecule has 69 heavy (non-hydrogen) atoms. The number of hydrogen-bond donors (Lipinski definition) is 2. The van der Waals surface area contributed by atoms with Gasteiger partial charge in [0.25, 0.3) is 0 Å². The second kappa shape index (κ2) is 22.6. The number of hydrogen-bond acceptors (Lipinski definition) is 16. The fourth-order valence-electron chi connectivity index (χ4n) is 9.78. The number of aliphatic imine (C=N–C) groups is 1. The van der Waals surface area contributed by atoms with E-state index in [9.17, 15) is 29.1 Å². The Morgan fingerprint density at radius 1 is 0.986 bits per heavy atom. The number of carbonyl (C=O) groups is 5. The number of ketones is 1. The Hall–Kier alpha value is -5.95. The molecule has 1 aromatic carbocycles. The Morgan fingerprint density at radius 2 is 1.70 bits per heavy atom. The Bertz CT molecular complexity index is 2330. The average molecular weight is 955 g/mol. The molecule has 0 spiro atoms. The first-order chi connectivity index (χ1) is 32.7. The van der Waals surface area contributed by atoms with Crippen LogP contribution in [0.5, 0.6) is 0 Å². The third-order valence-corrected chi connectivity index (χ3v) is 13.4. The van der Waals surface area contributed by atoms with Crippen molar-refractivity contribution < 1.29 is 57.5 Å². The minimum Gasteiger partial charge on any atom is -0.461 e. The van der Waals surface area contributed by atoms with Crippen LogP contribution in [-0.4, -0.2) is 135 Å². The number of pyridine rings is 1. The Labute approximate surface area is 403 Å². The summed E-state index contributed by atoms with van der Waals surface area (Å²) in [6.07, 6.45) is 1.69. The molecule has 2 N–H and O–H groups in total. The van der Waals surface area contributed by atoms with Crippen LogP contribution in [0.2, 0.25) is 0 Å². The van der Waals surface area contributed by atoms with Crippen LogP contribution < -0.4 is 5.32 Å². The van der Waals surface area contributed by atoms with Gasteiger partial charge in [-0.15, -0.1) is 0 Å². The topological polar surface area (TPSA) is 227 Å². The number of likely N-dealkylation sites (N-methyl/N-ethyl adjacent to an activating group) is 1. The lowest BCUT2D eigenvalue weighted by molar-refractivity contribution is -0.298. The summed E-state index contributed by atoms with van der Waals surface area (Å²) in [6, 6.07) is 12.3. The van der Waals surface area contributed by atoms with Gasteiger partial charge in [-0.2, -0.15) is 4.99 Å². The van der Waals surface area contributed by atoms with E-state index < -0.39 is 102 Å². The van der Waals surface area contributed by atoms with E-state index in [2.05, 4.69) is 25.3 Å². The lowest BCUT2D eigenvalue weighted by Crippen LogP contribution is -2.61. The Kier molecular flexibility index (Phi) is 17.2. The number of esters is 2. The van der Waals surface area contributed by atoms with Gasteiger partial charge in [0, 0.05) is 54.8 Å². The van der Waals surface area contributed by atoms with Gasteiger partial charge in [0.2, 0.25) is 0 Å². The smallest absolute Gasteiger partial charge is 0.434 e. The molecule has 3 aliphatic rings. The van der Waals surface area contributed by atoms with Crippen LogP contribution in [0.25, 0.3) is 17.5 Å². The molecule has 18 nitrogen and oxygen atoms in total. The number of alkyl carbamates (subject to hydrolysis) is 1. The molecule has 2 amide bonds. The number of aromatic nitrogens is 3. The second-order valence-corrected chi connectivity index (χ2v) is 19.0. The van der Waals surface area contributed by atoms with E-state index in [0.29, 0.717) is 17.8 Å². The maximum Gasteiger partial charge on any atom is 0.434 e. The van der Waals surface area contributed by atoms with Crippen molar-refractivity contribution in [3.8, 4) is 11.4 Å². The van der Waals surface area contributed by atoms with Gasteiger partial charge in [0.05, 0.1) is 30.1 Å². The molecule has 0 unspecified atom stereocenters. The van der Waals surface area contributed by atoms with Crippen molar-refractivity contribution in [1.29, 1.82) is 0 Å². The van der Waals surface area contributed by atoms with Gasteiger partial charge in [-0.25, -0.2) is 19.6 Å². The summed E-state index contributed by atoms with van der Waals surface area (Å²) in [5.74, 6) is -5.52. The zero-order valence-electron chi connectivity index (χ0n) is 41.1. The van der Waals surface area contributed by atoms with Crippen LogP contribution >= 0.6 is 0 Å². The van der Waals surface area contributed by atoms with Crippen molar-refractivity contribution in [1.82, 2.24) is 25.2 Å². The van der Waals surface area contributed by atoms with Crippen molar-refractivity contribution in [2.75, 3.05) is 20.6 Å². The van der Waals surface area contributed by atoms with Gasteiger partial charge >= 0.3 is 24.1 Å². The summed E-state index contributed by atoms with van der Waals surface area (Å²) in [7, 11) is 3.66. The summed E-state index contributed by atoms with van der Waals surface area (Å²) in [6.45, 7) is 13.3. The number of carbonyl (C=O) groups excluding carboxylic acids is 5. The fraction of sp³-hybridized carbons (Fsp3) is 0.549. The van der Waals surface area contributed by atoms with Crippen molar-refractivity contribution in [3.05, 3.63) is 84.5 Å². The van der Waals surface area contributed by atoms with Crippen molar-refractivity contribution >= 4 is 41.7 Å². The second-order valence-electron chi connectivity index (χ2n) is 19.0. The molecule has 2 saturated heterocycles. The van der Waals surface area contributed by atoms with E-state index >= 15 is 0 Å². The maximum absolute atomic E-state index is 14.7. The van der Waals surface area contributed by atoms with Gasteiger partial charge in [-0.1, -0.05) is 70.2 Å². The fourth-order valence-corrected chi connectivity index (χ4v) is 9.78. The van der Waals surface area contributed by atoms with Gasteiger partial charge in [0.1, 0.15) is 35.8 Å². The number of rotatable bonds is 12. The van der Waals surface area contributed by atoms with Crippen LogP contribution in [-0.2, 0) is 49.2 Å². The number of aliphatic hydroxyl groups excluding tert-OH is 1. The minimum absolute atomic E-state index is 0.0278. The zero-order valence-corrected chi connectivity index (χ0v) is 41.1. The van der Waals surface area contributed by atoms with Gasteiger partial charge in [0.15, 0.2) is 17.7 Å². The molecule has 0 aliphatic carbocycles. The van der Waals surface area contributed by atoms with Gasteiger partial charge in [-0.3, -0.25) is 19.4 Å². The summed E-state index contributed by atoms with van der Waals surface area (Å²) in [5.41, 5.74) is -1.11. The van der Waals surface area contributed by atoms with E-state index in [1.807, 2.05) is 56.3 Å². The molecule has 2 aromatic heterocycles. The molecule has 372 valence electrons. The standard InChI is InChI=1S/C51H66N6O12/c1-11-38-51(8)43(56-49(63)69-51)31(4)40(59)29(2)27-50(7,68-48(62)55-22-13-15-34-17-19-36(20-18-34)45-53-23-14-24-54-45)44(67-47-41(60)37(57(9)10)25-30(3)64-47)32(5)42(33(6)46(61)65-38)66-39(58)26-35-16-12-21-52-28-35/h12-21,23-24,28-33,37-38,41-42,44,47,60H,11,22,25-27H2,1-10H3,(H,55,62)/b15-13+/t29-,30-,31+,32+,33-,37+,38-,41-,42+,44-,47+,50-,51-/m1/s1. The monoisotopic (exact) mass is 954 g/mol. The largest absolute Gasteiger partial charge is 0.461 e. The molecule has 5 heterocycles. The third kappa shape index (κ3) is 12.5. The first-order valence-electron chi connectivity index (χ1n) is 23.5. The predicted octanol–water partition coefficient (Wildman–Crippen LogP) is 6.19. The third-order valence-electron chi connectivity index (χ3n) is 13.4. The number of cyclic esters (lactones) is 1. The minimum atomic E-state index is -1.80. The maximum atomic E-state index is 14.7. The number of Topliss-reactive ketones (excluding diaryl/α,β-unsaturated/α-hetero) is 1. The van der Waals surface area contributed by atoms with Crippen molar-refractivity contribution in [2.24, 2.45) is 28.7 Å². The number of aliphatic hydroxyl groups is 1. The normalized spacial score (nSPS) is 32.3. The quantitative estimate of drug-likeness (QED) is 0.152. The average Bonchev–Trinajstić information content (AvgIpc) is 3.64. The number of benzene rings is 1. The SMILES string of the molecule is CC[C@H]1OC(=O)[C@H](C)[C@@H](OC(=O)Cc2cccnc2)[C@H](C)[C@@H](O[C@@H]2O[C@H](C)C[C@H](N(C)C)[C@H]2O)[C@](C)(OC(=O)NC/C=C/c2ccc(-c3ncccn3)cc2)C[C@@H](C)C(=O)[C@H](C)C2=NC(=O)O[C@@]21C. The molecule has 0 saturated carbocycles. The first kappa shape index (κ1) is 52.4. The number of ether oxygens (including phenoxy) is 6. The van der Waals surface area contributed by atoms with E-state index in [1.165, 1.54) is 6.20 Å². The molecule has 0 radical (unpaired) electrons. The zero-order chi connectivity index (χ0) is 50.2. The molecule has 2 fully saturated rings. The number of nitrogens with one attached hydrogen (secondary N) is 1. The molecule has 6 rings (SSSR count). The predicted molar refractivity (Wildman–Crippen MR) is 253 cm³/mol. The highest BCUT2D eigenvalue weighted by molar-refractivity contribution is 6.15. The lowest BCUT2D eigenvalue weighted by Gasteiger charge is -2.48. The Balaban J connectivity index is 1.40. The summed E-state index contributed by atoms with van der Waals surface area (Å²) in [5, 5.41) is 14.6. The van der Waals surface area contributed by atoms with Crippen LogP contribution in [0.4, 0.5) is 9.59 Å². The van der Waals surface area contributed by atoms with E-state index in [-0.39, 0.29) is 37.3 Å².